The van der Waals surface area contributed by atoms with Crippen LogP contribution in [0.5, 0.6) is 5.75 Å². The minimum atomic E-state index is -1.50. The summed E-state index contributed by atoms with van der Waals surface area (Å²) in [7, 11) is -1.50. The molecule has 0 heterocycles. The van der Waals surface area contributed by atoms with Gasteiger partial charge in [0, 0.05) is 0 Å². The van der Waals surface area contributed by atoms with Crippen molar-refractivity contribution in [3.8, 4) is 5.75 Å². The minimum absolute atomic E-state index is 0.122. The van der Waals surface area contributed by atoms with E-state index in [-0.39, 0.29) is 18.2 Å². The third kappa shape index (κ3) is 3.18. The SMILES string of the molecule is CC1(OC(=O)COc2ccc(B(O)O)cc2)C2CC3CC(C2)CC1C3. The maximum Gasteiger partial charge on any atom is 0.488 e. The first-order valence-electron chi connectivity index (χ1n) is 9.24. The Bertz CT molecular complexity index is 614. The molecule has 0 aliphatic heterocycles. The van der Waals surface area contributed by atoms with E-state index in [2.05, 4.69) is 6.92 Å². The van der Waals surface area contributed by atoms with Crippen molar-refractivity contribution in [3.63, 3.8) is 0 Å². The fraction of sp³-hybridized carbons (Fsp3) is 0.632. The number of carbonyl (C=O) groups is 1. The van der Waals surface area contributed by atoms with Gasteiger partial charge >= 0.3 is 13.1 Å². The van der Waals surface area contributed by atoms with Crippen LogP contribution < -0.4 is 10.2 Å². The highest BCUT2D eigenvalue weighted by Gasteiger charge is 2.57. The zero-order chi connectivity index (χ0) is 17.6. The molecule has 0 unspecified atom stereocenters. The van der Waals surface area contributed by atoms with Gasteiger partial charge in [-0.05, 0) is 80.3 Å². The lowest BCUT2D eigenvalue weighted by atomic mass is 9.50. The Hall–Kier alpha value is -1.53. The van der Waals surface area contributed by atoms with Crippen molar-refractivity contribution in [2.75, 3.05) is 6.61 Å². The van der Waals surface area contributed by atoms with Crippen LogP contribution in [0.2, 0.25) is 0 Å². The lowest BCUT2D eigenvalue weighted by molar-refractivity contribution is -0.204. The monoisotopic (exact) mass is 344 g/mol. The Morgan fingerprint density at radius 3 is 2.16 bits per heavy atom. The normalized spacial score (nSPS) is 35.5. The first kappa shape index (κ1) is 16.9. The topological polar surface area (TPSA) is 76.0 Å². The van der Waals surface area contributed by atoms with Gasteiger partial charge in [0.25, 0.3) is 0 Å². The third-order valence-corrected chi connectivity index (χ3v) is 6.63. The first-order valence-corrected chi connectivity index (χ1v) is 9.24. The van der Waals surface area contributed by atoms with E-state index in [0.717, 1.165) is 11.8 Å². The predicted molar refractivity (Wildman–Crippen MR) is 93.3 cm³/mol. The molecule has 4 bridgehead atoms. The van der Waals surface area contributed by atoms with Crippen LogP contribution in [0.3, 0.4) is 0 Å². The molecule has 0 aromatic heterocycles. The molecule has 0 spiro atoms. The molecule has 4 aliphatic carbocycles. The molecule has 0 saturated heterocycles. The van der Waals surface area contributed by atoms with E-state index >= 15 is 0 Å². The smallest absolute Gasteiger partial charge is 0.482 e. The molecule has 1 aromatic rings. The minimum Gasteiger partial charge on any atom is -0.482 e. The molecule has 4 saturated carbocycles. The lowest BCUT2D eigenvalue weighted by Crippen LogP contribution is -2.58. The van der Waals surface area contributed by atoms with Gasteiger partial charge in [-0.15, -0.1) is 0 Å². The highest BCUT2D eigenvalue weighted by atomic mass is 16.6. The van der Waals surface area contributed by atoms with E-state index < -0.39 is 7.12 Å². The van der Waals surface area contributed by atoms with Crippen LogP contribution in [-0.2, 0) is 9.53 Å². The predicted octanol–water partition coefficient (Wildman–Crippen LogP) is 1.50. The second kappa shape index (κ2) is 6.33. The highest BCUT2D eigenvalue weighted by Crippen LogP contribution is 2.59. The van der Waals surface area contributed by atoms with Crippen LogP contribution in [0.4, 0.5) is 0 Å². The summed E-state index contributed by atoms with van der Waals surface area (Å²) in [4.78, 5) is 12.4. The molecule has 134 valence electrons. The Morgan fingerprint density at radius 1 is 1.08 bits per heavy atom. The second-order valence-corrected chi connectivity index (χ2v) is 8.19. The van der Waals surface area contributed by atoms with Crippen LogP contribution in [0, 0.1) is 23.7 Å². The lowest BCUT2D eigenvalue weighted by Gasteiger charge is -2.59. The summed E-state index contributed by atoms with van der Waals surface area (Å²) in [5.74, 6) is 2.87. The quantitative estimate of drug-likeness (QED) is 0.625. The molecule has 5 rings (SSSR count). The van der Waals surface area contributed by atoms with Crippen LogP contribution >= 0.6 is 0 Å². The van der Waals surface area contributed by atoms with Crippen molar-refractivity contribution in [3.05, 3.63) is 24.3 Å². The molecule has 1 aromatic carbocycles. The largest absolute Gasteiger partial charge is 0.488 e. The molecule has 2 N–H and O–H groups in total. The van der Waals surface area contributed by atoms with E-state index in [1.807, 2.05) is 0 Å². The van der Waals surface area contributed by atoms with Gasteiger partial charge in [-0.25, -0.2) is 4.79 Å². The number of hydrogen-bond acceptors (Lipinski definition) is 5. The van der Waals surface area contributed by atoms with E-state index in [0.29, 0.717) is 23.0 Å². The molecule has 0 atom stereocenters. The van der Waals surface area contributed by atoms with Gasteiger partial charge in [0.1, 0.15) is 11.4 Å². The fourth-order valence-corrected chi connectivity index (χ4v) is 5.44. The summed E-state index contributed by atoms with van der Waals surface area (Å²) in [6.45, 7) is 2.00. The zero-order valence-corrected chi connectivity index (χ0v) is 14.6. The average Bonchev–Trinajstić information content (AvgIpc) is 2.58. The second-order valence-electron chi connectivity index (χ2n) is 8.19. The number of esters is 1. The van der Waals surface area contributed by atoms with E-state index in [1.165, 1.54) is 32.1 Å². The van der Waals surface area contributed by atoms with Crippen molar-refractivity contribution < 1.29 is 24.3 Å². The standard InChI is InChI=1S/C19H25BO5/c1-19(14-7-12-6-13(9-14)10-15(19)8-12)25-18(21)11-24-17-4-2-16(3-5-17)20(22)23/h2-5,12-15,22-23H,6-11H2,1H3. The molecule has 6 heteroatoms. The number of hydrogen-bond donors (Lipinski definition) is 2. The van der Waals surface area contributed by atoms with Crippen molar-refractivity contribution in [2.45, 2.75) is 44.6 Å². The van der Waals surface area contributed by atoms with Gasteiger partial charge in [0.15, 0.2) is 6.61 Å². The van der Waals surface area contributed by atoms with E-state index in [1.54, 1.807) is 24.3 Å². The average molecular weight is 344 g/mol. The third-order valence-electron chi connectivity index (χ3n) is 6.63. The van der Waals surface area contributed by atoms with Gasteiger partial charge in [0.2, 0.25) is 0 Å². The highest BCUT2D eigenvalue weighted by molar-refractivity contribution is 6.58. The maximum atomic E-state index is 12.4. The molecule has 0 amide bonds. The Morgan fingerprint density at radius 2 is 1.64 bits per heavy atom. The summed E-state index contributed by atoms with van der Waals surface area (Å²) in [5, 5.41) is 18.2. The van der Waals surface area contributed by atoms with Crippen molar-refractivity contribution in [1.29, 1.82) is 0 Å². The molecule has 5 nitrogen and oxygen atoms in total. The van der Waals surface area contributed by atoms with Crippen LogP contribution in [-0.4, -0.2) is 35.3 Å². The van der Waals surface area contributed by atoms with E-state index in [4.69, 9.17) is 19.5 Å². The summed E-state index contributed by atoms with van der Waals surface area (Å²) >= 11 is 0. The van der Waals surface area contributed by atoms with Gasteiger partial charge in [-0.1, -0.05) is 12.1 Å². The number of carbonyl (C=O) groups excluding carboxylic acids is 1. The van der Waals surface area contributed by atoms with Crippen molar-refractivity contribution in [1.82, 2.24) is 0 Å². The van der Waals surface area contributed by atoms with Gasteiger partial charge in [0.05, 0.1) is 0 Å². The Balaban J connectivity index is 1.34. The molecular formula is C19H25BO5. The number of ether oxygens (including phenoxy) is 2. The summed E-state index contributed by atoms with van der Waals surface area (Å²) in [6, 6.07) is 6.36. The number of rotatable bonds is 5. The Kier molecular flexibility index (Phi) is 4.28. The fourth-order valence-electron chi connectivity index (χ4n) is 5.44. The summed E-state index contributed by atoms with van der Waals surface area (Å²) in [5.41, 5.74) is 0.0506. The van der Waals surface area contributed by atoms with Crippen molar-refractivity contribution in [2.24, 2.45) is 23.7 Å². The van der Waals surface area contributed by atoms with Crippen LogP contribution in [0.15, 0.2) is 24.3 Å². The first-order chi connectivity index (χ1) is 11.9. The number of benzene rings is 1. The molecule has 4 aliphatic rings. The molecule has 4 fully saturated rings. The zero-order valence-electron chi connectivity index (χ0n) is 14.6. The Labute approximate surface area is 148 Å². The van der Waals surface area contributed by atoms with Gasteiger partial charge in [-0.3, -0.25) is 0 Å². The summed E-state index contributed by atoms with van der Waals surface area (Å²) in [6.07, 6.45) is 6.16. The molecular weight excluding hydrogens is 319 g/mol. The van der Waals surface area contributed by atoms with E-state index in [9.17, 15) is 4.79 Å². The van der Waals surface area contributed by atoms with Crippen molar-refractivity contribution >= 4 is 18.6 Å². The molecule has 25 heavy (non-hydrogen) atoms. The molecule has 0 radical (unpaired) electrons. The van der Waals surface area contributed by atoms with Crippen LogP contribution in [0.25, 0.3) is 0 Å². The van der Waals surface area contributed by atoms with Gasteiger partial charge < -0.3 is 19.5 Å². The summed E-state index contributed by atoms with van der Waals surface area (Å²) < 4.78 is 11.5. The van der Waals surface area contributed by atoms with Gasteiger partial charge in [-0.2, -0.15) is 0 Å². The maximum absolute atomic E-state index is 12.4. The van der Waals surface area contributed by atoms with Crippen LogP contribution in [0.1, 0.15) is 39.0 Å².